The van der Waals surface area contributed by atoms with E-state index in [1.807, 2.05) is 13.8 Å². The lowest BCUT2D eigenvalue weighted by atomic mass is 10.1. The van der Waals surface area contributed by atoms with Crippen molar-refractivity contribution in [3.63, 3.8) is 0 Å². The smallest absolute Gasteiger partial charge is 0.00516 e. The SMILES string of the molecule is CC.CC[C@@H](C)CN.N. The zero-order valence-electron chi connectivity index (χ0n) is 7.28. The molecule has 60 valence electrons. The van der Waals surface area contributed by atoms with Crippen LogP contribution in [0, 0.1) is 5.92 Å². The Kier molecular flexibility index (Phi) is 27.8. The van der Waals surface area contributed by atoms with Crippen molar-refractivity contribution in [2.45, 2.75) is 34.1 Å². The van der Waals surface area contributed by atoms with Gasteiger partial charge in [0.25, 0.3) is 0 Å². The van der Waals surface area contributed by atoms with Crippen LogP contribution >= 0.6 is 0 Å². The molecule has 0 aliphatic rings. The molecule has 0 saturated carbocycles. The summed E-state index contributed by atoms with van der Waals surface area (Å²) in [6.45, 7) is 9.13. The molecule has 0 heterocycles. The molecule has 0 unspecified atom stereocenters. The van der Waals surface area contributed by atoms with Crippen molar-refractivity contribution in [1.29, 1.82) is 0 Å². The van der Waals surface area contributed by atoms with E-state index in [2.05, 4.69) is 13.8 Å². The number of hydrogen-bond acceptors (Lipinski definition) is 2. The van der Waals surface area contributed by atoms with Gasteiger partial charge in [-0.05, 0) is 12.5 Å². The lowest BCUT2D eigenvalue weighted by Gasteiger charge is -1.98. The minimum Gasteiger partial charge on any atom is -0.344 e. The Morgan fingerprint density at radius 3 is 1.67 bits per heavy atom. The molecule has 0 aromatic rings. The highest BCUT2D eigenvalue weighted by molar-refractivity contribution is 4.45. The molecular formula is C7H22N2. The second-order valence-electron chi connectivity index (χ2n) is 1.75. The minimum absolute atomic E-state index is 0. The molecule has 1 atom stereocenters. The van der Waals surface area contributed by atoms with Gasteiger partial charge < -0.3 is 11.9 Å². The van der Waals surface area contributed by atoms with Crippen LogP contribution in [-0.2, 0) is 0 Å². The van der Waals surface area contributed by atoms with Crippen molar-refractivity contribution in [1.82, 2.24) is 6.15 Å². The Bertz CT molecular complexity index is 26.1. The molecule has 0 spiro atoms. The fourth-order valence-electron chi connectivity index (χ4n) is 0.167. The summed E-state index contributed by atoms with van der Waals surface area (Å²) >= 11 is 0. The monoisotopic (exact) mass is 134 g/mol. The summed E-state index contributed by atoms with van der Waals surface area (Å²) in [5.41, 5.74) is 5.28. The van der Waals surface area contributed by atoms with Gasteiger partial charge in [0, 0.05) is 0 Å². The molecule has 0 aliphatic carbocycles. The van der Waals surface area contributed by atoms with Crippen molar-refractivity contribution in [2.75, 3.05) is 6.54 Å². The number of hydrogen-bond donors (Lipinski definition) is 2. The molecule has 9 heavy (non-hydrogen) atoms. The maximum Gasteiger partial charge on any atom is -0.00516 e. The summed E-state index contributed by atoms with van der Waals surface area (Å²) < 4.78 is 0. The summed E-state index contributed by atoms with van der Waals surface area (Å²) in [4.78, 5) is 0. The maximum atomic E-state index is 5.28. The van der Waals surface area contributed by atoms with E-state index >= 15 is 0 Å². The first-order chi connectivity index (χ1) is 3.81. The van der Waals surface area contributed by atoms with E-state index in [0.717, 1.165) is 6.54 Å². The van der Waals surface area contributed by atoms with E-state index in [-0.39, 0.29) is 6.15 Å². The summed E-state index contributed by atoms with van der Waals surface area (Å²) in [5, 5.41) is 0. The third-order valence-electron chi connectivity index (χ3n) is 1.10. The third kappa shape index (κ3) is 18.1. The largest absolute Gasteiger partial charge is 0.344 e. The molecular weight excluding hydrogens is 112 g/mol. The molecule has 0 fully saturated rings. The van der Waals surface area contributed by atoms with Gasteiger partial charge in [0.1, 0.15) is 0 Å². The van der Waals surface area contributed by atoms with E-state index < -0.39 is 0 Å². The average molecular weight is 134 g/mol. The zero-order valence-corrected chi connectivity index (χ0v) is 7.28. The number of rotatable bonds is 2. The maximum absolute atomic E-state index is 5.28. The van der Waals surface area contributed by atoms with Gasteiger partial charge in [-0.3, -0.25) is 0 Å². The van der Waals surface area contributed by atoms with Crippen molar-refractivity contribution in [3.05, 3.63) is 0 Å². The van der Waals surface area contributed by atoms with Crippen LogP contribution in [-0.4, -0.2) is 6.54 Å². The molecule has 0 bridgehead atoms. The van der Waals surface area contributed by atoms with E-state index in [4.69, 9.17) is 5.73 Å². The summed E-state index contributed by atoms with van der Waals surface area (Å²) in [7, 11) is 0. The van der Waals surface area contributed by atoms with Crippen molar-refractivity contribution in [3.8, 4) is 0 Å². The van der Waals surface area contributed by atoms with Crippen LogP contribution in [0.4, 0.5) is 0 Å². The Labute approximate surface area is 59.4 Å². The van der Waals surface area contributed by atoms with Crippen molar-refractivity contribution in [2.24, 2.45) is 11.7 Å². The van der Waals surface area contributed by atoms with E-state index in [9.17, 15) is 0 Å². The van der Waals surface area contributed by atoms with Gasteiger partial charge in [0.2, 0.25) is 0 Å². The molecule has 0 amide bonds. The van der Waals surface area contributed by atoms with Crippen LogP contribution < -0.4 is 11.9 Å². The lowest BCUT2D eigenvalue weighted by Crippen LogP contribution is -2.08. The molecule has 0 aliphatic heterocycles. The van der Waals surface area contributed by atoms with Crippen LogP contribution in [0.1, 0.15) is 34.1 Å². The topological polar surface area (TPSA) is 61.0 Å². The normalized spacial score (nSPS) is 10.3. The molecule has 0 rings (SSSR count). The minimum atomic E-state index is 0. The van der Waals surface area contributed by atoms with Crippen LogP contribution in [0.25, 0.3) is 0 Å². The molecule has 2 nitrogen and oxygen atoms in total. The molecule has 0 radical (unpaired) electrons. The second kappa shape index (κ2) is 15.7. The van der Waals surface area contributed by atoms with Gasteiger partial charge >= 0.3 is 0 Å². The Hall–Kier alpha value is -0.0800. The van der Waals surface area contributed by atoms with Gasteiger partial charge in [-0.25, -0.2) is 0 Å². The molecule has 0 saturated heterocycles. The number of nitrogens with two attached hydrogens (primary N) is 1. The van der Waals surface area contributed by atoms with Gasteiger partial charge in [-0.15, -0.1) is 0 Å². The zero-order chi connectivity index (χ0) is 6.99. The average Bonchev–Trinajstić information content (AvgIpc) is 1.91. The van der Waals surface area contributed by atoms with Crippen molar-refractivity contribution < 1.29 is 0 Å². The second-order valence-corrected chi connectivity index (χ2v) is 1.75. The quantitative estimate of drug-likeness (QED) is 0.608. The van der Waals surface area contributed by atoms with Crippen LogP contribution in [0.5, 0.6) is 0 Å². The predicted molar refractivity (Wildman–Crippen MR) is 44.9 cm³/mol. The van der Waals surface area contributed by atoms with E-state index in [0.29, 0.717) is 5.92 Å². The van der Waals surface area contributed by atoms with E-state index in [1.165, 1.54) is 6.42 Å². The van der Waals surface area contributed by atoms with Crippen molar-refractivity contribution >= 4 is 0 Å². The fraction of sp³-hybridized carbons (Fsp3) is 1.00. The third-order valence-corrected chi connectivity index (χ3v) is 1.10. The van der Waals surface area contributed by atoms with Gasteiger partial charge in [-0.1, -0.05) is 34.1 Å². The van der Waals surface area contributed by atoms with Gasteiger partial charge in [0.05, 0.1) is 0 Å². The molecule has 0 aromatic carbocycles. The highest BCUT2D eigenvalue weighted by atomic mass is 14.5. The summed E-state index contributed by atoms with van der Waals surface area (Å²) in [6.07, 6.45) is 1.20. The molecule has 5 N–H and O–H groups in total. The summed E-state index contributed by atoms with van der Waals surface area (Å²) in [5.74, 6) is 0.713. The fourth-order valence-corrected chi connectivity index (χ4v) is 0.167. The van der Waals surface area contributed by atoms with Crippen LogP contribution in [0.2, 0.25) is 0 Å². The van der Waals surface area contributed by atoms with E-state index in [1.54, 1.807) is 0 Å². The standard InChI is InChI=1S/C5H13N.C2H6.H3N/c1-3-5(2)4-6;1-2;/h5H,3-4,6H2,1-2H3;1-2H3;1H3/t5-;;/m1../s1. The predicted octanol–water partition coefficient (Wildman–Crippen LogP) is 2.18. The van der Waals surface area contributed by atoms with Crippen LogP contribution in [0.3, 0.4) is 0 Å². The first-order valence-corrected chi connectivity index (χ1v) is 3.51. The summed E-state index contributed by atoms with van der Waals surface area (Å²) in [6, 6.07) is 0. The van der Waals surface area contributed by atoms with Gasteiger partial charge in [0.15, 0.2) is 0 Å². The first kappa shape index (κ1) is 16.0. The molecule has 2 heteroatoms. The molecule has 0 aromatic heterocycles. The highest BCUT2D eigenvalue weighted by Gasteiger charge is 1.88. The Balaban J connectivity index is -0.000000109. The van der Waals surface area contributed by atoms with Crippen LogP contribution in [0.15, 0.2) is 0 Å². The first-order valence-electron chi connectivity index (χ1n) is 3.51. The Morgan fingerprint density at radius 2 is 1.67 bits per heavy atom. The highest BCUT2D eigenvalue weighted by Crippen LogP contribution is 1.93. The lowest BCUT2D eigenvalue weighted by molar-refractivity contribution is 0.576. The van der Waals surface area contributed by atoms with Gasteiger partial charge in [-0.2, -0.15) is 0 Å². The Morgan fingerprint density at radius 1 is 1.33 bits per heavy atom.